The van der Waals surface area contributed by atoms with E-state index in [1.807, 2.05) is 11.0 Å². The van der Waals surface area contributed by atoms with E-state index in [1.165, 1.54) is 10.7 Å². The van der Waals surface area contributed by atoms with E-state index < -0.39 is 10.8 Å². The molecule has 0 bridgehead atoms. The average molecular weight is 393 g/mol. The van der Waals surface area contributed by atoms with Gasteiger partial charge in [-0.3, -0.25) is 14.9 Å². The van der Waals surface area contributed by atoms with Gasteiger partial charge >= 0.3 is 0 Å². The summed E-state index contributed by atoms with van der Waals surface area (Å²) < 4.78 is 1.53. The molecule has 0 radical (unpaired) electrons. The lowest BCUT2D eigenvalue weighted by Crippen LogP contribution is -2.19. The number of nitrogens with zero attached hydrogens (tertiary/aromatic N) is 6. The third-order valence-electron chi connectivity index (χ3n) is 4.88. The van der Waals surface area contributed by atoms with Crippen molar-refractivity contribution in [1.29, 1.82) is 0 Å². The van der Waals surface area contributed by atoms with Crippen LogP contribution in [0.15, 0.2) is 42.5 Å². The van der Waals surface area contributed by atoms with Crippen LogP contribution in [-0.4, -0.2) is 44.1 Å². The molecule has 0 spiro atoms. The van der Waals surface area contributed by atoms with Crippen molar-refractivity contribution in [3.05, 3.63) is 58.1 Å². The highest BCUT2D eigenvalue weighted by molar-refractivity contribution is 6.05. The predicted molar refractivity (Wildman–Crippen MR) is 107 cm³/mol. The molecule has 0 atom stereocenters. The second kappa shape index (κ2) is 7.66. The molecule has 1 saturated heterocycles. The summed E-state index contributed by atoms with van der Waals surface area (Å²) in [4.78, 5) is 25.8. The molecule has 0 unspecified atom stereocenters. The van der Waals surface area contributed by atoms with Crippen LogP contribution in [-0.2, 0) is 7.05 Å². The van der Waals surface area contributed by atoms with Crippen LogP contribution in [0.3, 0.4) is 0 Å². The fraction of sp³-hybridized carbons (Fsp3) is 0.263. The number of hydrogen-bond donors (Lipinski definition) is 1. The molecule has 0 saturated carbocycles. The monoisotopic (exact) mass is 393 g/mol. The Hall–Kier alpha value is -3.82. The van der Waals surface area contributed by atoms with Gasteiger partial charge in [-0.25, -0.2) is 4.68 Å². The molecule has 148 valence electrons. The van der Waals surface area contributed by atoms with Crippen molar-refractivity contribution in [2.75, 3.05) is 23.3 Å². The topological polar surface area (TPSA) is 119 Å². The van der Waals surface area contributed by atoms with Gasteiger partial charge in [-0.05, 0) is 47.5 Å². The summed E-state index contributed by atoms with van der Waals surface area (Å²) in [6.07, 6.45) is 2.02. The number of aromatic nitrogens is 4. The number of hydrogen-bond acceptors (Lipinski definition) is 7. The first-order chi connectivity index (χ1) is 14.0. The number of anilines is 2. The Labute approximate surface area is 166 Å². The molecule has 29 heavy (non-hydrogen) atoms. The van der Waals surface area contributed by atoms with Gasteiger partial charge in [0.1, 0.15) is 5.69 Å². The minimum absolute atomic E-state index is 0.0570. The number of benzene rings is 2. The molecule has 4 rings (SSSR count). The molecule has 1 aromatic heterocycles. The van der Waals surface area contributed by atoms with Gasteiger partial charge in [0.15, 0.2) is 5.82 Å². The van der Waals surface area contributed by atoms with Crippen LogP contribution >= 0.6 is 0 Å². The SMILES string of the molecule is Cn1nnnc1-c1cccc(NC(=O)c2ccc(N3CCCC3)c([N+](=O)[O-])c2)c1. The Morgan fingerprint density at radius 3 is 2.66 bits per heavy atom. The third kappa shape index (κ3) is 3.77. The number of nitrogens with one attached hydrogen (secondary N) is 1. The third-order valence-corrected chi connectivity index (χ3v) is 4.88. The largest absolute Gasteiger partial charge is 0.366 e. The van der Waals surface area contributed by atoms with Gasteiger partial charge in [-0.15, -0.1) is 5.10 Å². The van der Waals surface area contributed by atoms with E-state index in [1.54, 1.807) is 37.4 Å². The molecule has 10 heteroatoms. The number of carbonyl (C=O) groups excluding carboxylic acids is 1. The van der Waals surface area contributed by atoms with Crippen LogP contribution in [0, 0.1) is 10.1 Å². The van der Waals surface area contributed by atoms with Gasteiger partial charge < -0.3 is 10.2 Å². The summed E-state index contributed by atoms with van der Waals surface area (Å²) in [6.45, 7) is 1.58. The molecule has 1 N–H and O–H groups in total. The van der Waals surface area contributed by atoms with E-state index in [0.29, 0.717) is 17.2 Å². The maximum absolute atomic E-state index is 12.7. The molecule has 1 amide bonds. The Balaban J connectivity index is 1.58. The van der Waals surface area contributed by atoms with Crippen molar-refractivity contribution in [3.8, 4) is 11.4 Å². The van der Waals surface area contributed by atoms with Crippen molar-refractivity contribution < 1.29 is 9.72 Å². The maximum Gasteiger partial charge on any atom is 0.293 e. The fourth-order valence-electron chi connectivity index (χ4n) is 3.45. The van der Waals surface area contributed by atoms with Gasteiger partial charge in [0, 0.05) is 43.0 Å². The zero-order chi connectivity index (χ0) is 20.4. The maximum atomic E-state index is 12.7. The van der Waals surface area contributed by atoms with Gasteiger partial charge in [0.25, 0.3) is 11.6 Å². The molecule has 1 aliphatic heterocycles. The van der Waals surface area contributed by atoms with Crippen LogP contribution in [0.5, 0.6) is 0 Å². The van der Waals surface area contributed by atoms with Crippen LogP contribution in [0.2, 0.25) is 0 Å². The molecular formula is C19H19N7O3. The van der Waals surface area contributed by atoms with Crippen molar-refractivity contribution in [2.24, 2.45) is 7.05 Å². The van der Waals surface area contributed by atoms with Crippen LogP contribution < -0.4 is 10.2 Å². The quantitative estimate of drug-likeness (QED) is 0.523. The first-order valence-electron chi connectivity index (χ1n) is 9.20. The van der Waals surface area contributed by atoms with Crippen molar-refractivity contribution in [3.63, 3.8) is 0 Å². The number of carbonyl (C=O) groups is 1. The number of nitro benzene ring substituents is 1. The molecule has 2 aromatic carbocycles. The predicted octanol–water partition coefficient (Wildman–Crippen LogP) is 2.64. The van der Waals surface area contributed by atoms with E-state index in [-0.39, 0.29) is 11.3 Å². The molecule has 1 aliphatic rings. The molecular weight excluding hydrogens is 374 g/mol. The Kier molecular flexibility index (Phi) is 4.90. The van der Waals surface area contributed by atoms with Crippen LogP contribution in [0.1, 0.15) is 23.2 Å². The van der Waals surface area contributed by atoms with E-state index in [9.17, 15) is 14.9 Å². The number of aryl methyl sites for hydroxylation is 1. The Morgan fingerprint density at radius 1 is 1.17 bits per heavy atom. The first kappa shape index (κ1) is 18.5. The van der Waals surface area contributed by atoms with Crippen LogP contribution in [0.4, 0.5) is 17.1 Å². The van der Waals surface area contributed by atoms with Gasteiger partial charge in [-0.2, -0.15) is 0 Å². The lowest BCUT2D eigenvalue weighted by molar-refractivity contribution is -0.384. The first-order valence-corrected chi connectivity index (χ1v) is 9.20. The number of tetrazole rings is 1. The van der Waals surface area contributed by atoms with E-state index in [2.05, 4.69) is 20.8 Å². The number of nitro groups is 1. The standard InChI is InChI=1S/C19H19N7O3/c1-24-18(21-22-23-24)13-5-4-6-15(11-13)20-19(27)14-7-8-16(17(12-14)26(28)29)25-9-2-3-10-25/h4-8,11-12H,2-3,9-10H2,1H3,(H,20,27). The van der Waals surface area contributed by atoms with Crippen molar-refractivity contribution in [1.82, 2.24) is 20.2 Å². The molecule has 0 aliphatic carbocycles. The lowest BCUT2D eigenvalue weighted by atomic mass is 10.1. The minimum Gasteiger partial charge on any atom is -0.366 e. The highest BCUT2D eigenvalue weighted by Crippen LogP contribution is 2.32. The van der Waals surface area contributed by atoms with Gasteiger partial charge in [0.2, 0.25) is 0 Å². The minimum atomic E-state index is -0.438. The Morgan fingerprint density at radius 2 is 1.97 bits per heavy atom. The number of rotatable bonds is 5. The normalized spacial score (nSPS) is 13.5. The van der Waals surface area contributed by atoms with Crippen LogP contribution in [0.25, 0.3) is 11.4 Å². The molecule has 2 heterocycles. The Bertz CT molecular complexity index is 1070. The summed E-state index contributed by atoms with van der Waals surface area (Å²) >= 11 is 0. The van der Waals surface area contributed by atoms with Crippen molar-refractivity contribution >= 4 is 23.0 Å². The van der Waals surface area contributed by atoms with E-state index >= 15 is 0 Å². The van der Waals surface area contributed by atoms with E-state index in [4.69, 9.17) is 0 Å². The van der Waals surface area contributed by atoms with Gasteiger partial charge in [-0.1, -0.05) is 12.1 Å². The van der Waals surface area contributed by atoms with E-state index in [0.717, 1.165) is 31.5 Å². The molecule has 3 aromatic rings. The fourth-order valence-corrected chi connectivity index (χ4v) is 3.45. The zero-order valence-electron chi connectivity index (χ0n) is 15.8. The highest BCUT2D eigenvalue weighted by Gasteiger charge is 2.24. The second-order valence-electron chi connectivity index (χ2n) is 6.82. The summed E-state index contributed by atoms with van der Waals surface area (Å²) in [5.74, 6) is 0.140. The highest BCUT2D eigenvalue weighted by atomic mass is 16.6. The van der Waals surface area contributed by atoms with Crippen molar-refractivity contribution in [2.45, 2.75) is 12.8 Å². The molecule has 10 nitrogen and oxygen atoms in total. The average Bonchev–Trinajstić information content (AvgIpc) is 3.39. The summed E-state index contributed by atoms with van der Waals surface area (Å²) in [7, 11) is 1.72. The summed E-state index contributed by atoms with van der Waals surface area (Å²) in [5, 5.41) is 25.7. The summed E-state index contributed by atoms with van der Waals surface area (Å²) in [6, 6.07) is 11.7. The smallest absolute Gasteiger partial charge is 0.293 e. The second-order valence-corrected chi connectivity index (χ2v) is 6.82. The lowest BCUT2D eigenvalue weighted by Gasteiger charge is -2.17. The molecule has 1 fully saturated rings. The number of amides is 1. The summed E-state index contributed by atoms with van der Waals surface area (Å²) in [5.41, 5.74) is 2.01. The van der Waals surface area contributed by atoms with Gasteiger partial charge in [0.05, 0.1) is 4.92 Å². The zero-order valence-corrected chi connectivity index (χ0v) is 15.8.